The number of anilines is 1. The Morgan fingerprint density at radius 2 is 1.88 bits per heavy atom. The van der Waals surface area contributed by atoms with Gasteiger partial charge in [0.1, 0.15) is 5.78 Å². The van der Waals surface area contributed by atoms with Crippen LogP contribution in [0.2, 0.25) is 0 Å². The zero-order chi connectivity index (χ0) is 18.1. The quantitative estimate of drug-likeness (QED) is 0.791. The fourth-order valence-electron chi connectivity index (χ4n) is 4.72. The SMILES string of the molecule is COC(=O)C[C@]12C(=O)CCC[C@H]1N(Cc1ccccc1)c1ccccc12. The van der Waals surface area contributed by atoms with E-state index in [2.05, 4.69) is 23.1 Å². The van der Waals surface area contributed by atoms with E-state index in [4.69, 9.17) is 4.74 Å². The van der Waals surface area contributed by atoms with Crippen molar-refractivity contribution in [3.8, 4) is 0 Å². The van der Waals surface area contributed by atoms with E-state index in [1.165, 1.54) is 12.7 Å². The molecule has 4 rings (SSSR count). The van der Waals surface area contributed by atoms with Gasteiger partial charge in [-0.05, 0) is 30.0 Å². The maximum Gasteiger partial charge on any atom is 0.306 e. The fourth-order valence-corrected chi connectivity index (χ4v) is 4.72. The summed E-state index contributed by atoms with van der Waals surface area (Å²) < 4.78 is 4.96. The first-order valence-electron chi connectivity index (χ1n) is 9.17. The number of rotatable bonds is 4. The van der Waals surface area contributed by atoms with E-state index in [-0.39, 0.29) is 24.2 Å². The fraction of sp³-hybridized carbons (Fsp3) is 0.364. The van der Waals surface area contributed by atoms with Gasteiger partial charge in [0.05, 0.1) is 18.9 Å². The Bertz CT molecular complexity index is 832. The second-order valence-corrected chi connectivity index (χ2v) is 7.19. The number of benzene rings is 2. The van der Waals surface area contributed by atoms with Gasteiger partial charge in [0.15, 0.2) is 0 Å². The van der Waals surface area contributed by atoms with Gasteiger partial charge in [-0.2, -0.15) is 0 Å². The molecule has 1 saturated carbocycles. The number of methoxy groups -OCH3 is 1. The van der Waals surface area contributed by atoms with Gasteiger partial charge < -0.3 is 9.64 Å². The maximum atomic E-state index is 13.2. The molecule has 2 atom stereocenters. The summed E-state index contributed by atoms with van der Waals surface area (Å²) in [7, 11) is 1.39. The minimum Gasteiger partial charge on any atom is -0.469 e. The Kier molecular flexibility index (Phi) is 4.27. The molecule has 0 aromatic heterocycles. The molecule has 0 unspecified atom stereocenters. The summed E-state index contributed by atoms with van der Waals surface area (Å²) >= 11 is 0. The minimum atomic E-state index is -0.781. The van der Waals surface area contributed by atoms with E-state index in [1.807, 2.05) is 36.4 Å². The number of ether oxygens (including phenoxy) is 1. The molecule has 2 aromatic rings. The van der Waals surface area contributed by atoms with Crippen LogP contribution in [0.1, 0.15) is 36.8 Å². The van der Waals surface area contributed by atoms with E-state index in [0.29, 0.717) is 6.42 Å². The van der Waals surface area contributed by atoms with Crippen LogP contribution >= 0.6 is 0 Å². The second-order valence-electron chi connectivity index (χ2n) is 7.19. The summed E-state index contributed by atoms with van der Waals surface area (Å²) in [6, 6.07) is 18.3. The molecule has 2 aliphatic rings. The van der Waals surface area contributed by atoms with Crippen LogP contribution < -0.4 is 4.90 Å². The number of hydrogen-bond acceptors (Lipinski definition) is 4. The highest BCUT2D eigenvalue weighted by Gasteiger charge is 2.57. The van der Waals surface area contributed by atoms with Crippen molar-refractivity contribution in [1.29, 1.82) is 0 Å². The van der Waals surface area contributed by atoms with Crippen LogP contribution in [0.3, 0.4) is 0 Å². The monoisotopic (exact) mass is 349 g/mol. The molecule has 134 valence electrons. The zero-order valence-corrected chi connectivity index (χ0v) is 15.0. The molecule has 1 fully saturated rings. The summed E-state index contributed by atoms with van der Waals surface area (Å²) in [6.07, 6.45) is 2.42. The van der Waals surface area contributed by atoms with Crippen molar-refractivity contribution in [1.82, 2.24) is 0 Å². The third-order valence-corrected chi connectivity index (χ3v) is 5.86. The smallest absolute Gasteiger partial charge is 0.306 e. The Hall–Kier alpha value is -2.62. The standard InChI is InChI=1S/C22H23NO3/c1-26-21(25)14-22-17-10-5-6-11-18(17)23(15-16-8-3-2-4-9-16)19(22)12-7-13-20(22)24/h2-6,8-11,19H,7,12-15H2,1H3/t19-,22-/m1/s1. The van der Waals surface area contributed by atoms with E-state index in [1.54, 1.807) is 0 Å². The van der Waals surface area contributed by atoms with Crippen LogP contribution in [0.15, 0.2) is 54.6 Å². The van der Waals surface area contributed by atoms with Gasteiger partial charge in [-0.1, -0.05) is 48.5 Å². The van der Waals surface area contributed by atoms with Crippen LogP contribution in [0.4, 0.5) is 5.69 Å². The Labute approximate surface area is 153 Å². The van der Waals surface area contributed by atoms with Crippen LogP contribution in [0, 0.1) is 0 Å². The minimum absolute atomic E-state index is 0.000422. The molecule has 26 heavy (non-hydrogen) atoms. The lowest BCUT2D eigenvalue weighted by atomic mass is 9.65. The largest absolute Gasteiger partial charge is 0.469 e. The predicted molar refractivity (Wildman–Crippen MR) is 100 cm³/mol. The summed E-state index contributed by atoms with van der Waals surface area (Å²) in [5.74, 6) is -0.149. The molecule has 1 heterocycles. The molecule has 0 bridgehead atoms. The number of para-hydroxylation sites is 1. The average molecular weight is 349 g/mol. The number of hydrogen-bond donors (Lipinski definition) is 0. The highest BCUT2D eigenvalue weighted by Crippen LogP contribution is 2.53. The first-order chi connectivity index (χ1) is 12.7. The number of carbonyl (C=O) groups is 2. The second kappa shape index (κ2) is 6.60. The van der Waals surface area contributed by atoms with Crippen molar-refractivity contribution in [2.45, 2.75) is 43.7 Å². The number of Topliss-reactive ketones (excluding diaryl/α,β-unsaturated/α-hetero) is 1. The lowest BCUT2D eigenvalue weighted by molar-refractivity contribution is -0.145. The van der Waals surface area contributed by atoms with Gasteiger partial charge >= 0.3 is 5.97 Å². The zero-order valence-electron chi connectivity index (χ0n) is 15.0. The predicted octanol–water partition coefficient (Wildman–Crippen LogP) is 3.63. The van der Waals surface area contributed by atoms with Gasteiger partial charge in [0.25, 0.3) is 0 Å². The molecule has 0 saturated heterocycles. The van der Waals surface area contributed by atoms with Crippen molar-refractivity contribution in [3.63, 3.8) is 0 Å². The molecule has 0 amide bonds. The topological polar surface area (TPSA) is 46.6 Å². The van der Waals surface area contributed by atoms with Gasteiger partial charge in [-0.3, -0.25) is 9.59 Å². The summed E-state index contributed by atoms with van der Waals surface area (Å²) in [6.45, 7) is 0.735. The highest BCUT2D eigenvalue weighted by molar-refractivity contribution is 5.99. The molecule has 4 heteroatoms. The Balaban J connectivity index is 1.82. The van der Waals surface area contributed by atoms with Gasteiger partial charge in [-0.15, -0.1) is 0 Å². The summed E-state index contributed by atoms with van der Waals surface area (Å²) in [5.41, 5.74) is 2.47. The van der Waals surface area contributed by atoms with Crippen LogP contribution in [-0.2, 0) is 26.3 Å². The van der Waals surface area contributed by atoms with Crippen LogP contribution in [0.25, 0.3) is 0 Å². The third-order valence-electron chi connectivity index (χ3n) is 5.86. The number of carbonyl (C=O) groups excluding carboxylic acids is 2. The van der Waals surface area contributed by atoms with Crippen molar-refractivity contribution < 1.29 is 14.3 Å². The Morgan fingerprint density at radius 1 is 1.15 bits per heavy atom. The van der Waals surface area contributed by atoms with Crippen molar-refractivity contribution in [2.24, 2.45) is 0 Å². The molecular formula is C22H23NO3. The van der Waals surface area contributed by atoms with Crippen molar-refractivity contribution >= 4 is 17.4 Å². The third kappa shape index (κ3) is 2.52. The van der Waals surface area contributed by atoms with Gasteiger partial charge in [-0.25, -0.2) is 0 Å². The maximum absolute atomic E-state index is 13.2. The van der Waals surface area contributed by atoms with Gasteiger partial charge in [0.2, 0.25) is 0 Å². The van der Waals surface area contributed by atoms with E-state index in [0.717, 1.165) is 30.6 Å². The summed E-state index contributed by atoms with van der Waals surface area (Å²) in [5, 5.41) is 0. The normalized spacial score (nSPS) is 24.1. The van der Waals surface area contributed by atoms with Crippen molar-refractivity contribution in [3.05, 3.63) is 65.7 Å². The lowest BCUT2D eigenvalue weighted by Crippen LogP contribution is -2.53. The number of fused-ring (bicyclic) bond motifs is 3. The first kappa shape index (κ1) is 16.8. The van der Waals surface area contributed by atoms with E-state index < -0.39 is 5.41 Å². The molecule has 0 spiro atoms. The molecule has 1 aliphatic carbocycles. The van der Waals surface area contributed by atoms with Gasteiger partial charge in [0, 0.05) is 24.7 Å². The molecule has 1 aliphatic heterocycles. The number of ketones is 1. The van der Waals surface area contributed by atoms with E-state index >= 15 is 0 Å². The molecule has 4 nitrogen and oxygen atoms in total. The lowest BCUT2D eigenvalue weighted by Gasteiger charge is -2.41. The Morgan fingerprint density at radius 3 is 2.65 bits per heavy atom. The molecule has 0 radical (unpaired) electrons. The number of esters is 1. The molecular weight excluding hydrogens is 326 g/mol. The van der Waals surface area contributed by atoms with E-state index in [9.17, 15) is 9.59 Å². The highest BCUT2D eigenvalue weighted by atomic mass is 16.5. The van der Waals surface area contributed by atoms with Crippen LogP contribution in [0.5, 0.6) is 0 Å². The summed E-state index contributed by atoms with van der Waals surface area (Å²) in [4.78, 5) is 27.7. The average Bonchev–Trinajstić information content (AvgIpc) is 2.94. The first-order valence-corrected chi connectivity index (χ1v) is 9.17. The van der Waals surface area contributed by atoms with Crippen LogP contribution in [-0.4, -0.2) is 24.9 Å². The number of nitrogens with zero attached hydrogens (tertiary/aromatic N) is 1. The van der Waals surface area contributed by atoms with Crippen molar-refractivity contribution in [2.75, 3.05) is 12.0 Å². The molecule has 0 N–H and O–H groups in total. The molecule has 2 aromatic carbocycles.